The normalized spacial score (nSPS) is 16.6. The van der Waals surface area contributed by atoms with Crippen LogP contribution >= 0.6 is 0 Å². The third-order valence-corrected chi connectivity index (χ3v) is 4.69. The number of halogens is 1. The zero-order chi connectivity index (χ0) is 21.0. The molecule has 1 unspecified atom stereocenters. The van der Waals surface area contributed by atoms with Gasteiger partial charge in [-0.05, 0) is 28.8 Å². The van der Waals surface area contributed by atoms with E-state index in [-0.39, 0.29) is 25.3 Å². The fourth-order valence-electron chi connectivity index (χ4n) is 3.17. The van der Waals surface area contributed by atoms with E-state index in [2.05, 4.69) is 5.32 Å². The number of amides is 2. The molecule has 7 nitrogen and oxygen atoms in total. The van der Waals surface area contributed by atoms with Gasteiger partial charge in [0.25, 0.3) is 0 Å². The number of ketones is 1. The molecule has 0 saturated carbocycles. The Kier molecular flexibility index (Phi) is 6.01. The number of nitrogens with one attached hydrogen (secondary N) is 1. The Hall–Kier alpha value is -3.55. The molecular weight excluding hydrogens is 379 g/mol. The van der Waals surface area contributed by atoms with Crippen molar-refractivity contribution in [2.75, 3.05) is 13.1 Å². The standard InChI is InChI=1S/C21H19FN2O5/c22-16-7-5-15(6-8-16)14-3-1-13(2-4-14)12-24-10-9-17(25)19(21(24)29)20(28)23-11-18(26)27/h1-8,19H,9-12H2,(H,23,28)(H,26,27). The second-order valence-electron chi connectivity index (χ2n) is 6.72. The Morgan fingerprint density at radius 2 is 1.62 bits per heavy atom. The van der Waals surface area contributed by atoms with Gasteiger partial charge >= 0.3 is 5.97 Å². The van der Waals surface area contributed by atoms with Crippen molar-refractivity contribution >= 4 is 23.6 Å². The molecule has 1 atom stereocenters. The van der Waals surface area contributed by atoms with Crippen molar-refractivity contribution < 1.29 is 28.7 Å². The van der Waals surface area contributed by atoms with Crippen LogP contribution in [0.15, 0.2) is 48.5 Å². The van der Waals surface area contributed by atoms with E-state index in [0.29, 0.717) is 0 Å². The third-order valence-electron chi connectivity index (χ3n) is 4.69. The summed E-state index contributed by atoms with van der Waals surface area (Å²) < 4.78 is 13.0. The number of rotatable bonds is 6. The predicted molar refractivity (Wildman–Crippen MR) is 101 cm³/mol. The van der Waals surface area contributed by atoms with Gasteiger partial charge in [0, 0.05) is 19.5 Å². The summed E-state index contributed by atoms with van der Waals surface area (Å²) in [5.41, 5.74) is 2.55. The summed E-state index contributed by atoms with van der Waals surface area (Å²) in [6.07, 6.45) is 0.0323. The Labute approximate surface area is 166 Å². The minimum Gasteiger partial charge on any atom is -0.480 e. The highest BCUT2D eigenvalue weighted by molar-refractivity contribution is 6.19. The van der Waals surface area contributed by atoms with Gasteiger partial charge in [-0.1, -0.05) is 36.4 Å². The summed E-state index contributed by atoms with van der Waals surface area (Å²) in [6.45, 7) is -0.237. The topological polar surface area (TPSA) is 104 Å². The number of benzene rings is 2. The van der Waals surface area contributed by atoms with Crippen molar-refractivity contribution in [2.45, 2.75) is 13.0 Å². The van der Waals surface area contributed by atoms with Gasteiger partial charge in [0.05, 0.1) is 0 Å². The summed E-state index contributed by atoms with van der Waals surface area (Å²) in [6, 6.07) is 13.4. The molecule has 1 aliphatic rings. The molecule has 1 saturated heterocycles. The first-order valence-electron chi connectivity index (χ1n) is 9.01. The Balaban J connectivity index is 1.68. The molecule has 1 heterocycles. The third kappa shape index (κ3) is 4.84. The van der Waals surface area contributed by atoms with E-state index in [1.165, 1.54) is 17.0 Å². The van der Waals surface area contributed by atoms with Gasteiger partial charge in [-0.2, -0.15) is 0 Å². The van der Waals surface area contributed by atoms with Crippen molar-refractivity contribution in [1.82, 2.24) is 10.2 Å². The minimum atomic E-state index is -1.51. The quantitative estimate of drug-likeness (QED) is 0.720. The van der Waals surface area contributed by atoms with E-state index in [4.69, 9.17) is 5.11 Å². The summed E-state index contributed by atoms with van der Waals surface area (Å²) in [5, 5.41) is 10.7. The average molecular weight is 398 g/mol. The maximum absolute atomic E-state index is 13.0. The Morgan fingerprint density at radius 3 is 2.21 bits per heavy atom. The van der Waals surface area contributed by atoms with E-state index in [1.807, 2.05) is 24.3 Å². The highest BCUT2D eigenvalue weighted by Crippen LogP contribution is 2.22. The average Bonchev–Trinajstić information content (AvgIpc) is 2.70. The maximum atomic E-state index is 13.0. The molecule has 29 heavy (non-hydrogen) atoms. The van der Waals surface area contributed by atoms with Crippen molar-refractivity contribution in [1.29, 1.82) is 0 Å². The van der Waals surface area contributed by atoms with Gasteiger partial charge in [-0.15, -0.1) is 0 Å². The number of Topliss-reactive ketones (excluding diaryl/α,β-unsaturated/α-hetero) is 1. The van der Waals surface area contributed by atoms with E-state index in [1.54, 1.807) is 12.1 Å². The first-order chi connectivity index (χ1) is 13.8. The highest BCUT2D eigenvalue weighted by Gasteiger charge is 2.40. The second-order valence-corrected chi connectivity index (χ2v) is 6.72. The molecule has 150 valence electrons. The van der Waals surface area contributed by atoms with Crippen LogP contribution in [0.5, 0.6) is 0 Å². The largest absolute Gasteiger partial charge is 0.480 e. The molecular formula is C21H19FN2O5. The van der Waals surface area contributed by atoms with Gasteiger partial charge in [-0.3, -0.25) is 19.2 Å². The number of hydrogen-bond acceptors (Lipinski definition) is 4. The fourth-order valence-corrected chi connectivity index (χ4v) is 3.17. The molecule has 0 bridgehead atoms. The number of carboxylic acids is 1. The van der Waals surface area contributed by atoms with Crippen LogP contribution in [-0.4, -0.2) is 46.7 Å². The molecule has 0 aromatic heterocycles. The van der Waals surface area contributed by atoms with E-state index >= 15 is 0 Å². The highest BCUT2D eigenvalue weighted by atomic mass is 19.1. The van der Waals surface area contributed by atoms with Crippen LogP contribution < -0.4 is 5.32 Å². The predicted octanol–water partition coefficient (Wildman–Crippen LogP) is 1.61. The van der Waals surface area contributed by atoms with E-state index < -0.39 is 36.0 Å². The zero-order valence-electron chi connectivity index (χ0n) is 15.4. The van der Waals surface area contributed by atoms with Crippen molar-refractivity contribution in [3.05, 3.63) is 59.9 Å². The number of aliphatic carboxylic acids is 1. The van der Waals surface area contributed by atoms with Crippen molar-refractivity contribution in [3.8, 4) is 11.1 Å². The molecule has 3 rings (SSSR count). The molecule has 2 aromatic rings. The lowest BCUT2D eigenvalue weighted by molar-refractivity contribution is -0.152. The summed E-state index contributed by atoms with van der Waals surface area (Å²) in [4.78, 5) is 48.7. The summed E-state index contributed by atoms with van der Waals surface area (Å²) >= 11 is 0. The van der Waals surface area contributed by atoms with Gasteiger partial charge in [0.2, 0.25) is 11.8 Å². The van der Waals surface area contributed by atoms with E-state index in [0.717, 1.165) is 16.7 Å². The van der Waals surface area contributed by atoms with Crippen molar-refractivity contribution in [3.63, 3.8) is 0 Å². The molecule has 0 spiro atoms. The number of piperidine rings is 1. The van der Waals surface area contributed by atoms with Crippen molar-refractivity contribution in [2.24, 2.45) is 5.92 Å². The Morgan fingerprint density at radius 1 is 1.03 bits per heavy atom. The van der Waals surface area contributed by atoms with Crippen LogP contribution in [0.1, 0.15) is 12.0 Å². The smallest absolute Gasteiger partial charge is 0.322 e. The number of hydrogen-bond donors (Lipinski definition) is 2. The lowest BCUT2D eigenvalue weighted by atomic mass is 9.94. The van der Waals surface area contributed by atoms with Crippen LogP contribution in [0, 0.1) is 11.7 Å². The molecule has 2 amide bonds. The molecule has 1 fully saturated rings. The number of likely N-dealkylation sites (tertiary alicyclic amines) is 1. The van der Waals surface area contributed by atoms with Crippen LogP contribution in [-0.2, 0) is 25.7 Å². The summed E-state index contributed by atoms with van der Waals surface area (Å²) in [5.74, 6) is -5.12. The Bertz CT molecular complexity index is 941. The minimum absolute atomic E-state index is 0.0323. The SMILES string of the molecule is O=C(O)CNC(=O)C1C(=O)CCN(Cc2ccc(-c3ccc(F)cc3)cc2)C1=O. The first kappa shape index (κ1) is 20.2. The molecule has 0 radical (unpaired) electrons. The van der Waals surface area contributed by atoms with Crippen LogP contribution in [0.25, 0.3) is 11.1 Å². The van der Waals surface area contributed by atoms with Gasteiger partial charge in [0.15, 0.2) is 11.7 Å². The maximum Gasteiger partial charge on any atom is 0.322 e. The molecule has 8 heteroatoms. The number of carbonyl (C=O) groups is 4. The number of carboxylic acid groups (broad SMARTS) is 1. The summed E-state index contributed by atoms with van der Waals surface area (Å²) in [7, 11) is 0. The fraction of sp³-hybridized carbons (Fsp3) is 0.238. The molecule has 2 aromatic carbocycles. The molecule has 0 aliphatic carbocycles. The zero-order valence-corrected chi connectivity index (χ0v) is 15.4. The van der Waals surface area contributed by atoms with Gasteiger partial charge < -0.3 is 15.3 Å². The lowest BCUT2D eigenvalue weighted by Crippen LogP contribution is -2.52. The monoisotopic (exact) mass is 398 g/mol. The van der Waals surface area contributed by atoms with E-state index in [9.17, 15) is 23.6 Å². The van der Waals surface area contributed by atoms with Gasteiger partial charge in [0.1, 0.15) is 12.4 Å². The molecule has 2 N–H and O–H groups in total. The molecule has 1 aliphatic heterocycles. The first-order valence-corrected chi connectivity index (χ1v) is 9.01. The van der Waals surface area contributed by atoms with Gasteiger partial charge in [-0.25, -0.2) is 4.39 Å². The van der Waals surface area contributed by atoms with Crippen LogP contribution in [0.3, 0.4) is 0 Å². The number of nitrogens with zero attached hydrogens (tertiary/aromatic N) is 1. The van der Waals surface area contributed by atoms with Crippen LogP contribution in [0.2, 0.25) is 0 Å². The second kappa shape index (κ2) is 8.64. The van der Waals surface area contributed by atoms with Crippen LogP contribution in [0.4, 0.5) is 4.39 Å². The number of carbonyl (C=O) groups excluding carboxylic acids is 3. The lowest BCUT2D eigenvalue weighted by Gasteiger charge is -2.30.